The van der Waals surface area contributed by atoms with Gasteiger partial charge >= 0.3 is 0 Å². The van der Waals surface area contributed by atoms with E-state index in [0.717, 1.165) is 0 Å². The molecule has 1 aliphatic heterocycles. The lowest BCUT2D eigenvalue weighted by molar-refractivity contribution is -0.596. The maximum Gasteiger partial charge on any atom is 0.237 e. The summed E-state index contributed by atoms with van der Waals surface area (Å²) in [6.07, 6.45) is 2.51. The van der Waals surface area contributed by atoms with Crippen molar-refractivity contribution in [2.75, 3.05) is 0 Å². The SMILES string of the molecule is Cc1ccc(C)c(C(c2cc(C)ccc2C)N2C=[N+](C(c3cc(C)ccc3C)c3cc(C)ccc3C)[C@@H](c3ccccc3)[C@@H]2c2ccccc2)c1. The first-order valence-corrected chi connectivity index (χ1v) is 18.4. The van der Waals surface area contributed by atoms with Crippen LogP contribution >= 0.6 is 0 Å². The van der Waals surface area contributed by atoms with Gasteiger partial charge in [-0.15, -0.1) is 0 Å². The van der Waals surface area contributed by atoms with Gasteiger partial charge in [-0.25, -0.2) is 9.48 Å². The molecule has 6 aromatic rings. The molecule has 0 radical (unpaired) electrons. The average molecular weight is 668 g/mol. The lowest BCUT2D eigenvalue weighted by Gasteiger charge is -2.32. The molecule has 1 aliphatic rings. The third-order valence-corrected chi connectivity index (χ3v) is 11.0. The number of hydrogen-bond donors (Lipinski definition) is 0. The highest BCUT2D eigenvalue weighted by molar-refractivity contribution is 5.60. The standard InChI is InChI=1S/C49H51N2/c1-32-19-23-36(5)42(27-32)48(43-28-33(2)20-24-37(43)6)50-31-51(47(41-17-13-10-14-18-41)46(50)40-15-11-9-12-16-40)49(44-29-34(3)21-25-38(44)7)45-30-35(4)22-26-39(45)8/h9-31,46-49H,1-8H3/q+1/t46-,47-/m0/s1. The molecule has 0 amide bonds. The summed E-state index contributed by atoms with van der Waals surface area (Å²) >= 11 is 0. The molecule has 0 aliphatic carbocycles. The topological polar surface area (TPSA) is 6.25 Å². The molecule has 0 bridgehead atoms. The van der Waals surface area contributed by atoms with Gasteiger partial charge in [-0.3, -0.25) is 0 Å². The lowest BCUT2D eigenvalue weighted by atomic mass is 9.85. The minimum absolute atomic E-state index is 0.0101. The highest BCUT2D eigenvalue weighted by Gasteiger charge is 2.51. The van der Waals surface area contributed by atoms with Crippen LogP contribution in [-0.2, 0) is 0 Å². The van der Waals surface area contributed by atoms with Crippen LogP contribution in [0, 0.1) is 55.4 Å². The van der Waals surface area contributed by atoms with E-state index in [9.17, 15) is 0 Å². The quantitative estimate of drug-likeness (QED) is 0.146. The number of rotatable bonds is 8. The minimum Gasteiger partial charge on any atom is -0.245 e. The van der Waals surface area contributed by atoms with E-state index in [0.29, 0.717) is 0 Å². The van der Waals surface area contributed by atoms with E-state index in [1.54, 1.807) is 0 Å². The third-order valence-electron chi connectivity index (χ3n) is 11.0. The van der Waals surface area contributed by atoms with E-state index in [4.69, 9.17) is 0 Å². The second kappa shape index (κ2) is 14.2. The molecule has 1 heterocycles. The fourth-order valence-corrected chi connectivity index (χ4v) is 8.28. The third kappa shape index (κ3) is 6.68. The fourth-order valence-electron chi connectivity index (χ4n) is 8.28. The van der Waals surface area contributed by atoms with E-state index in [-0.39, 0.29) is 24.2 Å². The van der Waals surface area contributed by atoms with Crippen LogP contribution in [0.5, 0.6) is 0 Å². The first kappa shape index (κ1) is 34.2. The molecule has 0 spiro atoms. The van der Waals surface area contributed by atoms with Crippen molar-refractivity contribution in [3.63, 3.8) is 0 Å². The van der Waals surface area contributed by atoms with E-state index >= 15 is 0 Å². The van der Waals surface area contributed by atoms with Crippen molar-refractivity contribution in [2.45, 2.75) is 79.6 Å². The van der Waals surface area contributed by atoms with Crippen molar-refractivity contribution in [1.29, 1.82) is 0 Å². The highest BCUT2D eigenvalue weighted by atomic mass is 15.3. The molecule has 2 atom stereocenters. The van der Waals surface area contributed by atoms with Crippen molar-refractivity contribution in [2.24, 2.45) is 0 Å². The van der Waals surface area contributed by atoms with Crippen molar-refractivity contribution in [1.82, 2.24) is 4.90 Å². The second-order valence-corrected chi connectivity index (χ2v) is 15.0. The number of benzene rings is 6. The van der Waals surface area contributed by atoms with E-state index in [2.05, 4.69) is 205 Å². The Balaban J connectivity index is 1.60. The van der Waals surface area contributed by atoms with E-state index in [1.165, 1.54) is 77.9 Å². The van der Waals surface area contributed by atoms with Crippen LogP contribution in [-0.4, -0.2) is 15.8 Å². The predicted octanol–water partition coefficient (Wildman–Crippen LogP) is 11.9. The molecule has 256 valence electrons. The Kier molecular flexibility index (Phi) is 9.53. The monoisotopic (exact) mass is 667 g/mol. The van der Waals surface area contributed by atoms with Crippen LogP contribution in [0.4, 0.5) is 0 Å². The Morgan fingerprint density at radius 1 is 0.431 bits per heavy atom. The van der Waals surface area contributed by atoms with Gasteiger partial charge in [-0.2, -0.15) is 0 Å². The molecule has 0 aromatic heterocycles. The van der Waals surface area contributed by atoms with E-state index in [1.807, 2.05) is 0 Å². The van der Waals surface area contributed by atoms with Gasteiger partial charge in [0.1, 0.15) is 12.1 Å². The number of hydrogen-bond acceptors (Lipinski definition) is 1. The van der Waals surface area contributed by atoms with Crippen LogP contribution in [0.3, 0.4) is 0 Å². The predicted molar refractivity (Wildman–Crippen MR) is 214 cm³/mol. The highest BCUT2D eigenvalue weighted by Crippen LogP contribution is 2.50. The van der Waals surface area contributed by atoms with Gasteiger partial charge in [0.15, 0.2) is 12.1 Å². The first-order valence-electron chi connectivity index (χ1n) is 18.4. The molecule has 2 heteroatoms. The summed E-state index contributed by atoms with van der Waals surface area (Å²) in [6, 6.07) is 50.3. The van der Waals surface area contributed by atoms with Gasteiger partial charge in [0, 0.05) is 33.4 Å². The van der Waals surface area contributed by atoms with Crippen LogP contribution < -0.4 is 0 Å². The molecular weight excluding hydrogens is 617 g/mol. The maximum absolute atomic E-state index is 2.71. The minimum atomic E-state index is -0.0101. The average Bonchev–Trinajstić information content (AvgIpc) is 3.51. The number of nitrogens with zero attached hydrogens (tertiary/aromatic N) is 2. The second-order valence-electron chi connectivity index (χ2n) is 15.0. The Labute approximate surface area is 305 Å². The Morgan fingerprint density at radius 3 is 1.24 bits per heavy atom. The Bertz CT molecular complexity index is 2110. The molecule has 0 N–H and O–H groups in total. The van der Waals surface area contributed by atoms with Crippen LogP contribution in [0.1, 0.15) is 102 Å². The molecule has 51 heavy (non-hydrogen) atoms. The Morgan fingerprint density at radius 2 is 0.804 bits per heavy atom. The van der Waals surface area contributed by atoms with E-state index < -0.39 is 0 Å². The van der Waals surface area contributed by atoms with Crippen LogP contribution in [0.15, 0.2) is 133 Å². The fraction of sp³-hybridized carbons (Fsp3) is 0.245. The van der Waals surface area contributed by atoms with Crippen molar-refractivity contribution < 1.29 is 4.58 Å². The summed E-state index contributed by atoms with van der Waals surface area (Å²) in [5, 5.41) is 0. The van der Waals surface area contributed by atoms with Gasteiger partial charge in [-0.05, 0) is 77.6 Å². The Hall–Kier alpha value is -5.21. The maximum atomic E-state index is 2.71. The molecule has 0 saturated carbocycles. The molecule has 2 nitrogen and oxygen atoms in total. The van der Waals surface area contributed by atoms with Crippen LogP contribution in [0.2, 0.25) is 0 Å². The van der Waals surface area contributed by atoms with Gasteiger partial charge in [0.05, 0.1) is 0 Å². The molecule has 6 aromatic carbocycles. The van der Waals surface area contributed by atoms with Crippen molar-refractivity contribution >= 4 is 6.34 Å². The van der Waals surface area contributed by atoms with Crippen molar-refractivity contribution in [3.8, 4) is 0 Å². The summed E-state index contributed by atoms with van der Waals surface area (Å²) in [5.74, 6) is 0. The summed E-state index contributed by atoms with van der Waals surface area (Å²) in [6.45, 7) is 18.0. The summed E-state index contributed by atoms with van der Waals surface area (Å²) < 4.78 is 2.71. The molecule has 0 unspecified atom stereocenters. The largest absolute Gasteiger partial charge is 0.245 e. The zero-order valence-electron chi connectivity index (χ0n) is 31.5. The van der Waals surface area contributed by atoms with Crippen molar-refractivity contribution in [3.05, 3.63) is 211 Å². The normalized spacial score (nSPS) is 15.9. The number of aryl methyl sites for hydroxylation is 8. The zero-order chi connectivity index (χ0) is 35.8. The van der Waals surface area contributed by atoms with Gasteiger partial charge in [-0.1, -0.05) is 156 Å². The van der Waals surface area contributed by atoms with Gasteiger partial charge in [0.25, 0.3) is 0 Å². The first-order chi connectivity index (χ1) is 24.6. The molecular formula is C49H51N2+. The summed E-state index contributed by atoms with van der Waals surface area (Å²) in [4.78, 5) is 2.71. The smallest absolute Gasteiger partial charge is 0.237 e. The lowest BCUT2D eigenvalue weighted by Crippen LogP contribution is -2.32. The molecule has 0 saturated heterocycles. The summed E-state index contributed by atoms with van der Waals surface area (Å²) in [7, 11) is 0. The summed E-state index contributed by atoms with van der Waals surface area (Å²) in [5.41, 5.74) is 18.4. The van der Waals surface area contributed by atoms with Crippen LogP contribution in [0.25, 0.3) is 0 Å². The van der Waals surface area contributed by atoms with Gasteiger partial charge < -0.3 is 0 Å². The molecule has 7 rings (SSSR count). The van der Waals surface area contributed by atoms with Gasteiger partial charge in [0.2, 0.25) is 6.34 Å². The zero-order valence-corrected chi connectivity index (χ0v) is 31.5. The molecule has 0 fully saturated rings.